The first-order valence-corrected chi connectivity index (χ1v) is 9.45. The average Bonchev–Trinajstić information content (AvgIpc) is 3.35. The molecule has 2 aromatic heterocycles. The molecule has 150 valence electrons. The van der Waals surface area contributed by atoms with Gasteiger partial charge in [0.05, 0.1) is 12.2 Å². The molecule has 0 amide bonds. The Balaban J connectivity index is 0.000000878. The third-order valence-electron chi connectivity index (χ3n) is 3.87. The van der Waals surface area contributed by atoms with Crippen LogP contribution in [0, 0.1) is 18.3 Å². The third-order valence-corrected chi connectivity index (χ3v) is 3.87. The number of hydrogen-bond acceptors (Lipinski definition) is 7. The van der Waals surface area contributed by atoms with Crippen molar-refractivity contribution in [1.29, 1.82) is 0 Å². The van der Waals surface area contributed by atoms with Gasteiger partial charge in [-0.15, -0.1) is 12.3 Å². The summed E-state index contributed by atoms with van der Waals surface area (Å²) in [5.41, 5.74) is 7.21. The van der Waals surface area contributed by atoms with E-state index < -0.39 is 0 Å². The Hall–Kier alpha value is -2.92. The minimum atomic E-state index is 0.343. The minimum absolute atomic E-state index is 0.343. The average molecular weight is 384 g/mol. The van der Waals surface area contributed by atoms with Crippen molar-refractivity contribution in [1.82, 2.24) is 26.0 Å². The van der Waals surface area contributed by atoms with Crippen molar-refractivity contribution in [2.45, 2.75) is 53.0 Å². The number of amidine groups is 1. The predicted molar refractivity (Wildman–Crippen MR) is 111 cm³/mol. The number of anilines is 1. The van der Waals surface area contributed by atoms with E-state index in [1.165, 1.54) is 12.8 Å². The number of hydrogen-bond donors (Lipinski definition) is 3. The fourth-order valence-corrected chi connectivity index (χ4v) is 2.19. The summed E-state index contributed by atoms with van der Waals surface area (Å²) in [6.45, 7) is 9.16. The molecule has 3 N–H and O–H groups in total. The lowest BCUT2D eigenvalue weighted by Gasteiger charge is -2.07. The van der Waals surface area contributed by atoms with Gasteiger partial charge in [-0.3, -0.25) is 0 Å². The minimum Gasteiger partial charge on any atom is -0.359 e. The number of terminal acetylenes is 1. The van der Waals surface area contributed by atoms with E-state index in [-0.39, 0.29) is 0 Å². The van der Waals surface area contributed by atoms with E-state index in [9.17, 15) is 0 Å². The van der Waals surface area contributed by atoms with Crippen molar-refractivity contribution < 1.29 is 4.52 Å². The topological polar surface area (TPSA) is 100 Å². The second-order valence-corrected chi connectivity index (χ2v) is 6.90. The number of rotatable bonds is 8. The van der Waals surface area contributed by atoms with Gasteiger partial charge in [-0.1, -0.05) is 19.0 Å². The monoisotopic (exact) mass is 383 g/mol. The van der Waals surface area contributed by atoms with Crippen LogP contribution < -0.4 is 16.2 Å². The van der Waals surface area contributed by atoms with Crippen molar-refractivity contribution >= 4 is 17.6 Å². The van der Waals surface area contributed by atoms with E-state index in [0.29, 0.717) is 24.2 Å². The molecule has 1 aliphatic carbocycles. The summed E-state index contributed by atoms with van der Waals surface area (Å²) in [5.74, 6) is 6.02. The van der Waals surface area contributed by atoms with Crippen LogP contribution in [0.3, 0.4) is 0 Å². The molecule has 0 radical (unpaired) electrons. The zero-order chi connectivity index (χ0) is 20.4. The summed E-state index contributed by atoms with van der Waals surface area (Å²) in [6.07, 6.45) is 8.91. The highest BCUT2D eigenvalue weighted by Gasteiger charge is 2.20. The smallest absolute Gasteiger partial charge is 0.225 e. The first-order chi connectivity index (χ1) is 13.5. The Morgan fingerprint density at radius 3 is 2.82 bits per heavy atom. The Morgan fingerprint density at radius 1 is 1.43 bits per heavy atom. The van der Waals surface area contributed by atoms with Gasteiger partial charge in [0.25, 0.3) is 0 Å². The molecule has 1 fully saturated rings. The van der Waals surface area contributed by atoms with Gasteiger partial charge >= 0.3 is 0 Å². The van der Waals surface area contributed by atoms with E-state index in [4.69, 9.17) is 4.52 Å². The Morgan fingerprint density at radius 2 is 2.18 bits per heavy atom. The molecule has 0 aliphatic heterocycles. The lowest BCUT2D eigenvalue weighted by Crippen LogP contribution is -2.37. The molecule has 3 rings (SSSR count). The molecular formula is C20H29N7O. The number of aliphatic imine (C=N–C) groups is 1. The molecule has 0 bridgehead atoms. The van der Waals surface area contributed by atoms with Gasteiger partial charge in [0.1, 0.15) is 5.84 Å². The van der Waals surface area contributed by atoms with Crippen LogP contribution in [-0.4, -0.2) is 27.5 Å². The van der Waals surface area contributed by atoms with Crippen LogP contribution in [0.5, 0.6) is 0 Å². The van der Waals surface area contributed by atoms with Gasteiger partial charge in [0.2, 0.25) is 5.95 Å². The summed E-state index contributed by atoms with van der Waals surface area (Å²) in [7, 11) is 0. The van der Waals surface area contributed by atoms with Crippen LogP contribution in [0.25, 0.3) is 0 Å². The largest absolute Gasteiger partial charge is 0.359 e. The molecule has 2 aromatic rings. The number of aromatic nitrogens is 3. The molecule has 1 saturated carbocycles. The maximum atomic E-state index is 5.30. The van der Waals surface area contributed by atoms with Crippen molar-refractivity contribution in [3.8, 4) is 12.3 Å². The van der Waals surface area contributed by atoms with Gasteiger partial charge in [-0.2, -0.15) is 4.98 Å². The summed E-state index contributed by atoms with van der Waals surface area (Å²) < 4.78 is 5.30. The zero-order valence-electron chi connectivity index (χ0n) is 17.0. The summed E-state index contributed by atoms with van der Waals surface area (Å²) in [6, 6.07) is 3.71. The molecular weight excluding hydrogens is 354 g/mol. The highest BCUT2D eigenvalue weighted by Crippen LogP contribution is 2.27. The van der Waals surface area contributed by atoms with Crippen LogP contribution in [0.4, 0.5) is 11.8 Å². The normalized spacial score (nSPS) is 13.5. The van der Waals surface area contributed by atoms with Crippen LogP contribution in [0.15, 0.2) is 27.8 Å². The van der Waals surface area contributed by atoms with Crippen molar-refractivity contribution in [3.63, 3.8) is 0 Å². The fraction of sp³-hybridized carbons (Fsp3) is 0.500. The Bertz CT molecular complexity index is 803. The van der Waals surface area contributed by atoms with Crippen LogP contribution in [0.1, 0.15) is 57.9 Å². The summed E-state index contributed by atoms with van der Waals surface area (Å²) in [5, 5.41) is 7.17. The first kappa shape index (κ1) is 21.4. The maximum Gasteiger partial charge on any atom is 0.225 e. The van der Waals surface area contributed by atoms with Crippen LogP contribution in [-0.2, 0) is 6.54 Å². The molecule has 2 heterocycles. The van der Waals surface area contributed by atoms with Gasteiger partial charge < -0.3 is 15.3 Å². The Kier molecular flexibility index (Phi) is 8.43. The van der Waals surface area contributed by atoms with Gasteiger partial charge in [-0.25, -0.2) is 15.4 Å². The van der Waals surface area contributed by atoms with E-state index >= 15 is 0 Å². The standard InChI is InChI=1S/C17H25N7O.C3H4/c1-11(2)15-8-14(25-24-15)10-19-17-18-7-6-16(22-17)21-12(3)23-20-9-13-4-5-13;1-3-2/h6-8,11,13,20H,4-5,9-10H2,1-3H3,(H2,18,19,21,22,23);1H,2H3. The van der Waals surface area contributed by atoms with Gasteiger partial charge in [0.15, 0.2) is 11.6 Å². The second kappa shape index (κ2) is 11.0. The van der Waals surface area contributed by atoms with Crippen LogP contribution >= 0.6 is 0 Å². The molecule has 0 saturated heterocycles. The summed E-state index contributed by atoms with van der Waals surface area (Å²) in [4.78, 5) is 13.0. The molecule has 0 aromatic carbocycles. The maximum absolute atomic E-state index is 5.30. The van der Waals surface area contributed by atoms with Gasteiger partial charge in [0, 0.05) is 24.9 Å². The lowest BCUT2D eigenvalue weighted by atomic mass is 10.1. The highest BCUT2D eigenvalue weighted by molar-refractivity contribution is 5.81. The zero-order valence-corrected chi connectivity index (χ0v) is 17.0. The summed E-state index contributed by atoms with van der Waals surface area (Å²) >= 11 is 0. The Labute approximate surface area is 166 Å². The number of nitrogens with one attached hydrogen (secondary N) is 3. The number of nitrogens with zero attached hydrogens (tertiary/aromatic N) is 4. The predicted octanol–water partition coefficient (Wildman–Crippen LogP) is 3.39. The fourth-order valence-electron chi connectivity index (χ4n) is 2.19. The van der Waals surface area contributed by atoms with E-state index in [1.54, 1.807) is 19.2 Å². The second-order valence-electron chi connectivity index (χ2n) is 6.90. The van der Waals surface area contributed by atoms with E-state index in [1.807, 2.05) is 13.0 Å². The molecule has 1 aliphatic rings. The van der Waals surface area contributed by atoms with Crippen molar-refractivity contribution in [3.05, 3.63) is 29.8 Å². The molecule has 0 atom stereocenters. The van der Waals surface area contributed by atoms with Crippen LogP contribution in [0.2, 0.25) is 0 Å². The van der Waals surface area contributed by atoms with E-state index in [0.717, 1.165) is 29.8 Å². The highest BCUT2D eigenvalue weighted by atomic mass is 16.5. The molecule has 8 heteroatoms. The van der Waals surface area contributed by atoms with Crippen molar-refractivity contribution in [2.24, 2.45) is 10.9 Å². The lowest BCUT2D eigenvalue weighted by molar-refractivity contribution is 0.379. The van der Waals surface area contributed by atoms with E-state index in [2.05, 4.69) is 62.5 Å². The molecule has 0 unspecified atom stereocenters. The molecule has 0 spiro atoms. The molecule has 8 nitrogen and oxygen atoms in total. The molecule has 28 heavy (non-hydrogen) atoms. The quantitative estimate of drug-likeness (QED) is 0.278. The SMILES string of the molecule is C#CC.CC(=Nc1ccnc(NCc2cc(C(C)C)no2)n1)NNCC1CC1. The van der Waals surface area contributed by atoms with Crippen molar-refractivity contribution in [2.75, 3.05) is 11.9 Å². The third kappa shape index (κ3) is 7.76. The first-order valence-electron chi connectivity index (χ1n) is 9.45. The van der Waals surface area contributed by atoms with Gasteiger partial charge in [-0.05, 0) is 38.5 Å². The number of hydrazine groups is 1.